The van der Waals surface area contributed by atoms with Crippen LogP contribution in [-0.4, -0.2) is 63.5 Å². The van der Waals surface area contributed by atoms with Crippen LogP contribution in [0.1, 0.15) is 25.7 Å². The normalized spacial score (nSPS) is 39.7. The molecule has 1 heterocycles. The van der Waals surface area contributed by atoms with E-state index in [4.69, 9.17) is 9.47 Å². The van der Waals surface area contributed by atoms with Gasteiger partial charge < -0.3 is 14.8 Å². The molecule has 0 aromatic carbocycles. The molecule has 1 saturated heterocycles. The van der Waals surface area contributed by atoms with Crippen LogP contribution in [0.4, 0.5) is 0 Å². The van der Waals surface area contributed by atoms with Gasteiger partial charge in [-0.2, -0.15) is 0 Å². The summed E-state index contributed by atoms with van der Waals surface area (Å²) in [6.45, 7) is 2.06. The molecule has 2 aliphatic rings. The zero-order valence-corrected chi connectivity index (χ0v) is 11.3. The van der Waals surface area contributed by atoms with Crippen LogP contribution >= 0.6 is 0 Å². The standard InChI is InChI=1S/C13H26N2O2/c1-14-10-4-6-11(7-5-10)15-8-12(16-2)13(9-15)17-3/h10-14H,4-9H2,1-3H3. The molecule has 100 valence electrons. The van der Waals surface area contributed by atoms with Gasteiger partial charge in [0.05, 0.1) is 12.2 Å². The van der Waals surface area contributed by atoms with Crippen molar-refractivity contribution in [2.45, 2.75) is 50.0 Å². The summed E-state index contributed by atoms with van der Waals surface area (Å²) in [6.07, 6.45) is 5.71. The number of hydrogen-bond donors (Lipinski definition) is 1. The molecule has 0 radical (unpaired) electrons. The predicted molar refractivity (Wildman–Crippen MR) is 68.3 cm³/mol. The highest BCUT2D eigenvalue weighted by Gasteiger charge is 2.37. The molecule has 1 aliphatic carbocycles. The summed E-state index contributed by atoms with van der Waals surface area (Å²) in [5.74, 6) is 0. The third-order valence-electron chi connectivity index (χ3n) is 4.47. The fraction of sp³-hybridized carbons (Fsp3) is 1.00. The third-order valence-corrected chi connectivity index (χ3v) is 4.47. The Bertz CT molecular complexity index is 217. The Hall–Kier alpha value is -0.160. The summed E-state index contributed by atoms with van der Waals surface area (Å²) >= 11 is 0. The zero-order chi connectivity index (χ0) is 12.3. The maximum atomic E-state index is 5.50. The van der Waals surface area contributed by atoms with Crippen LogP contribution in [0, 0.1) is 0 Å². The summed E-state index contributed by atoms with van der Waals surface area (Å²) in [5.41, 5.74) is 0. The number of hydrogen-bond acceptors (Lipinski definition) is 4. The highest BCUT2D eigenvalue weighted by atomic mass is 16.5. The van der Waals surface area contributed by atoms with Gasteiger partial charge in [-0.1, -0.05) is 0 Å². The highest BCUT2D eigenvalue weighted by Crippen LogP contribution is 2.27. The molecular formula is C13H26N2O2. The number of ether oxygens (including phenoxy) is 2. The van der Waals surface area contributed by atoms with Crippen molar-refractivity contribution >= 4 is 0 Å². The van der Waals surface area contributed by atoms with E-state index in [9.17, 15) is 0 Å². The van der Waals surface area contributed by atoms with E-state index in [1.165, 1.54) is 25.7 Å². The van der Waals surface area contributed by atoms with Gasteiger partial charge in [-0.05, 0) is 32.7 Å². The van der Waals surface area contributed by atoms with E-state index >= 15 is 0 Å². The van der Waals surface area contributed by atoms with Crippen LogP contribution < -0.4 is 5.32 Å². The second kappa shape index (κ2) is 6.14. The molecule has 1 aliphatic heterocycles. The summed E-state index contributed by atoms with van der Waals surface area (Å²) in [7, 11) is 5.65. The lowest BCUT2D eigenvalue weighted by atomic mass is 9.90. The number of rotatable bonds is 4. The first-order chi connectivity index (χ1) is 8.28. The quantitative estimate of drug-likeness (QED) is 0.793. The topological polar surface area (TPSA) is 33.7 Å². The molecule has 2 rings (SSSR count). The molecule has 1 N–H and O–H groups in total. The van der Waals surface area contributed by atoms with Gasteiger partial charge in [0, 0.05) is 39.4 Å². The molecule has 0 spiro atoms. The van der Waals surface area contributed by atoms with Gasteiger partial charge in [0.2, 0.25) is 0 Å². The van der Waals surface area contributed by atoms with Crippen molar-refractivity contribution in [1.29, 1.82) is 0 Å². The minimum Gasteiger partial charge on any atom is -0.377 e. The Balaban J connectivity index is 1.84. The Kier molecular flexibility index (Phi) is 4.79. The van der Waals surface area contributed by atoms with Crippen LogP contribution in [0.15, 0.2) is 0 Å². The smallest absolute Gasteiger partial charge is 0.0971 e. The van der Waals surface area contributed by atoms with Gasteiger partial charge in [0.25, 0.3) is 0 Å². The Morgan fingerprint density at radius 2 is 1.47 bits per heavy atom. The predicted octanol–water partition coefficient (Wildman–Crippen LogP) is 0.863. The molecule has 0 bridgehead atoms. The fourth-order valence-electron chi connectivity index (χ4n) is 3.25. The van der Waals surface area contributed by atoms with E-state index in [0.717, 1.165) is 25.2 Å². The van der Waals surface area contributed by atoms with Crippen molar-refractivity contribution in [2.24, 2.45) is 0 Å². The number of likely N-dealkylation sites (tertiary alicyclic amines) is 1. The summed E-state index contributed by atoms with van der Waals surface area (Å²) < 4.78 is 11.0. The van der Waals surface area contributed by atoms with E-state index in [0.29, 0.717) is 0 Å². The monoisotopic (exact) mass is 242 g/mol. The minimum absolute atomic E-state index is 0.252. The van der Waals surface area contributed by atoms with Crippen molar-refractivity contribution in [3.05, 3.63) is 0 Å². The second-order valence-electron chi connectivity index (χ2n) is 5.30. The summed E-state index contributed by atoms with van der Waals surface area (Å²) in [5, 5.41) is 3.39. The average molecular weight is 242 g/mol. The molecule has 0 amide bonds. The van der Waals surface area contributed by atoms with E-state index < -0.39 is 0 Å². The van der Waals surface area contributed by atoms with Crippen LogP contribution in [0.3, 0.4) is 0 Å². The number of methoxy groups -OCH3 is 2. The van der Waals surface area contributed by atoms with Crippen LogP contribution in [0.5, 0.6) is 0 Å². The van der Waals surface area contributed by atoms with Crippen LogP contribution in [0.25, 0.3) is 0 Å². The Labute approximate surface area is 105 Å². The van der Waals surface area contributed by atoms with Crippen molar-refractivity contribution in [3.63, 3.8) is 0 Å². The Morgan fingerprint density at radius 3 is 1.88 bits per heavy atom. The van der Waals surface area contributed by atoms with Gasteiger partial charge >= 0.3 is 0 Å². The highest BCUT2D eigenvalue weighted by molar-refractivity contribution is 4.91. The molecule has 0 aromatic rings. The first kappa shape index (κ1) is 13.3. The van der Waals surface area contributed by atoms with Gasteiger partial charge in [-0.15, -0.1) is 0 Å². The maximum Gasteiger partial charge on any atom is 0.0971 e. The molecule has 2 atom stereocenters. The SMILES string of the molecule is CNC1CCC(N2CC(OC)C(OC)C2)CC1. The summed E-state index contributed by atoms with van der Waals surface area (Å²) in [4.78, 5) is 2.56. The molecule has 0 aromatic heterocycles. The second-order valence-corrected chi connectivity index (χ2v) is 5.30. The zero-order valence-electron chi connectivity index (χ0n) is 11.3. The van der Waals surface area contributed by atoms with Crippen molar-refractivity contribution in [2.75, 3.05) is 34.4 Å². The van der Waals surface area contributed by atoms with E-state index in [1.54, 1.807) is 14.2 Å². The molecule has 4 heteroatoms. The lowest BCUT2D eigenvalue weighted by Gasteiger charge is -2.34. The van der Waals surface area contributed by atoms with Gasteiger partial charge in [-0.25, -0.2) is 0 Å². The van der Waals surface area contributed by atoms with Crippen molar-refractivity contribution in [3.8, 4) is 0 Å². The first-order valence-electron chi connectivity index (χ1n) is 6.75. The van der Waals surface area contributed by atoms with E-state index in [-0.39, 0.29) is 12.2 Å². The first-order valence-corrected chi connectivity index (χ1v) is 6.75. The van der Waals surface area contributed by atoms with Gasteiger partial charge in [0.15, 0.2) is 0 Å². The number of nitrogens with zero attached hydrogens (tertiary/aromatic N) is 1. The molecule has 4 nitrogen and oxygen atoms in total. The molecular weight excluding hydrogens is 216 g/mol. The Morgan fingerprint density at radius 1 is 0.941 bits per heavy atom. The van der Waals surface area contributed by atoms with E-state index in [1.807, 2.05) is 0 Å². The van der Waals surface area contributed by atoms with Crippen molar-refractivity contribution < 1.29 is 9.47 Å². The molecule has 1 saturated carbocycles. The van der Waals surface area contributed by atoms with Crippen molar-refractivity contribution in [1.82, 2.24) is 10.2 Å². The largest absolute Gasteiger partial charge is 0.377 e. The fourth-order valence-corrected chi connectivity index (χ4v) is 3.25. The lowest BCUT2D eigenvalue weighted by molar-refractivity contribution is -0.00461. The average Bonchev–Trinajstić information content (AvgIpc) is 2.82. The van der Waals surface area contributed by atoms with Crippen LogP contribution in [-0.2, 0) is 9.47 Å². The van der Waals surface area contributed by atoms with Crippen LogP contribution in [0.2, 0.25) is 0 Å². The molecule has 2 unspecified atom stereocenters. The van der Waals surface area contributed by atoms with E-state index in [2.05, 4.69) is 17.3 Å². The maximum absolute atomic E-state index is 5.50. The molecule has 2 fully saturated rings. The van der Waals surface area contributed by atoms with Gasteiger partial charge in [0.1, 0.15) is 0 Å². The molecule has 17 heavy (non-hydrogen) atoms. The lowest BCUT2D eigenvalue weighted by Crippen LogP contribution is -2.41. The van der Waals surface area contributed by atoms with Gasteiger partial charge in [-0.3, -0.25) is 4.90 Å². The number of nitrogens with one attached hydrogen (secondary N) is 1. The summed E-state index contributed by atoms with van der Waals surface area (Å²) in [6, 6.07) is 1.46. The minimum atomic E-state index is 0.252. The third kappa shape index (κ3) is 2.99.